The Morgan fingerprint density at radius 2 is 2.00 bits per heavy atom. The lowest BCUT2D eigenvalue weighted by atomic mass is 10.1. The molecule has 0 spiro atoms. The van der Waals surface area contributed by atoms with Crippen LogP contribution in [0.3, 0.4) is 0 Å². The quantitative estimate of drug-likeness (QED) is 0.540. The van der Waals surface area contributed by atoms with Gasteiger partial charge in [0.05, 0.1) is 0 Å². The predicted octanol–water partition coefficient (Wildman–Crippen LogP) is 2.84. The second-order valence-corrected chi connectivity index (χ2v) is 2.60. The van der Waals surface area contributed by atoms with Crippen LogP contribution in [0.25, 0.3) is 6.08 Å². The van der Waals surface area contributed by atoms with Crippen LogP contribution in [0.15, 0.2) is 30.1 Å². The molecule has 0 N–H and O–H groups in total. The summed E-state index contributed by atoms with van der Waals surface area (Å²) in [6.45, 7) is 2.11. The summed E-state index contributed by atoms with van der Waals surface area (Å²) in [5.41, 5.74) is 2.61. The van der Waals surface area contributed by atoms with E-state index in [0.29, 0.717) is 0 Å². The number of hydrogen-bond donors (Lipinski definition) is 0. The van der Waals surface area contributed by atoms with Gasteiger partial charge in [-0.05, 0) is 18.1 Å². The lowest BCUT2D eigenvalue weighted by Crippen LogP contribution is -1.76. The van der Waals surface area contributed by atoms with Crippen LogP contribution in [0.2, 0.25) is 0 Å². The average Bonchev–Trinajstić information content (AvgIpc) is 1.94. The fourth-order valence-electron chi connectivity index (χ4n) is 0.877. The van der Waals surface area contributed by atoms with Crippen molar-refractivity contribution >= 4 is 15.3 Å². The summed E-state index contributed by atoms with van der Waals surface area (Å²) in [6, 6.07) is 8.32. The van der Waals surface area contributed by atoms with Crippen molar-refractivity contribution < 1.29 is 0 Å². The Morgan fingerprint density at radius 3 is 2.60 bits per heavy atom. The van der Waals surface area contributed by atoms with Gasteiger partial charge < -0.3 is 0 Å². The molecule has 0 heterocycles. The van der Waals surface area contributed by atoms with E-state index in [0.717, 1.165) is 0 Å². The van der Waals surface area contributed by atoms with Gasteiger partial charge in [-0.2, -0.15) is 0 Å². The summed E-state index contributed by atoms with van der Waals surface area (Å²) in [4.78, 5) is 0. The molecule has 0 aromatic heterocycles. The van der Waals surface area contributed by atoms with Gasteiger partial charge in [0, 0.05) is 0 Å². The van der Waals surface area contributed by atoms with E-state index in [2.05, 4.69) is 40.4 Å². The minimum atomic E-state index is 1.29. The van der Waals surface area contributed by atoms with Crippen molar-refractivity contribution in [3.05, 3.63) is 41.2 Å². The molecule has 1 atom stereocenters. The van der Waals surface area contributed by atoms with Crippen molar-refractivity contribution in [3.63, 3.8) is 0 Å². The summed E-state index contributed by atoms with van der Waals surface area (Å²) in [7, 11) is 2.57. The zero-order valence-electron chi connectivity index (χ0n) is 6.04. The molecule has 0 saturated heterocycles. The number of hydrogen-bond acceptors (Lipinski definition) is 0. The van der Waals surface area contributed by atoms with Gasteiger partial charge in [-0.15, -0.1) is 9.24 Å². The Balaban J connectivity index is 3.03. The molecule has 0 amide bonds. The van der Waals surface area contributed by atoms with Gasteiger partial charge in [0.1, 0.15) is 0 Å². The maximum atomic E-state index is 2.57. The van der Waals surface area contributed by atoms with Crippen LogP contribution in [0.4, 0.5) is 0 Å². The molecule has 1 unspecified atom stereocenters. The molecule has 0 nitrogen and oxygen atoms in total. The van der Waals surface area contributed by atoms with Crippen LogP contribution in [0, 0.1) is 6.92 Å². The molecular formula is C9H11P. The van der Waals surface area contributed by atoms with Crippen molar-refractivity contribution in [2.24, 2.45) is 0 Å². The molecule has 0 radical (unpaired) electrons. The van der Waals surface area contributed by atoms with Gasteiger partial charge in [0.2, 0.25) is 0 Å². The van der Waals surface area contributed by atoms with E-state index in [-0.39, 0.29) is 0 Å². The smallest absolute Gasteiger partial charge is 0.0227 e. The summed E-state index contributed by atoms with van der Waals surface area (Å²) < 4.78 is 0. The summed E-state index contributed by atoms with van der Waals surface area (Å²) in [6.07, 6.45) is 2.08. The van der Waals surface area contributed by atoms with E-state index in [4.69, 9.17) is 0 Å². The summed E-state index contributed by atoms with van der Waals surface area (Å²) in [5, 5.41) is 0. The third-order valence-corrected chi connectivity index (χ3v) is 1.66. The van der Waals surface area contributed by atoms with Crippen molar-refractivity contribution in [3.8, 4) is 0 Å². The largest absolute Gasteiger partial charge is 0.114 e. The third kappa shape index (κ3) is 1.68. The minimum Gasteiger partial charge on any atom is -0.114 e. The van der Waals surface area contributed by atoms with E-state index in [1.807, 2.05) is 11.9 Å². The number of benzene rings is 1. The fraction of sp³-hybridized carbons (Fsp3) is 0.111. The molecule has 1 aromatic carbocycles. The first-order valence-corrected chi connectivity index (χ1v) is 3.95. The standard InChI is InChI=1S/C9H11P/c1-8-4-2-3-5-9(8)6-7-10/h2-7H,10H2,1H3/b7-6+. The van der Waals surface area contributed by atoms with Crippen LogP contribution in [0.5, 0.6) is 0 Å². The van der Waals surface area contributed by atoms with Crippen molar-refractivity contribution in [2.45, 2.75) is 6.92 Å². The molecule has 0 bridgehead atoms. The molecule has 0 aliphatic carbocycles. The van der Waals surface area contributed by atoms with E-state index in [1.165, 1.54) is 11.1 Å². The Labute approximate surface area is 64.2 Å². The monoisotopic (exact) mass is 150 g/mol. The highest BCUT2D eigenvalue weighted by Gasteiger charge is 1.87. The third-order valence-electron chi connectivity index (χ3n) is 1.46. The van der Waals surface area contributed by atoms with Crippen molar-refractivity contribution in [1.29, 1.82) is 0 Å². The van der Waals surface area contributed by atoms with Crippen LogP contribution >= 0.6 is 9.24 Å². The normalized spacial score (nSPS) is 10.6. The van der Waals surface area contributed by atoms with Crippen LogP contribution in [-0.4, -0.2) is 0 Å². The Hall–Kier alpha value is -0.610. The zero-order valence-corrected chi connectivity index (χ0v) is 7.20. The Bertz CT molecular complexity index is 238. The molecule has 10 heavy (non-hydrogen) atoms. The van der Waals surface area contributed by atoms with Gasteiger partial charge in [-0.25, -0.2) is 0 Å². The molecule has 0 saturated carbocycles. The zero-order chi connectivity index (χ0) is 7.40. The highest BCUT2D eigenvalue weighted by molar-refractivity contribution is 7.21. The highest BCUT2D eigenvalue weighted by atomic mass is 31.0. The van der Waals surface area contributed by atoms with E-state index < -0.39 is 0 Å². The maximum Gasteiger partial charge on any atom is -0.0227 e. The van der Waals surface area contributed by atoms with Gasteiger partial charge in [0.25, 0.3) is 0 Å². The second kappa shape index (κ2) is 3.53. The SMILES string of the molecule is Cc1ccccc1/C=C/P. The number of rotatable bonds is 1. The first kappa shape index (κ1) is 7.50. The lowest BCUT2D eigenvalue weighted by molar-refractivity contribution is 1.45. The summed E-state index contributed by atoms with van der Waals surface area (Å²) >= 11 is 0. The van der Waals surface area contributed by atoms with Gasteiger partial charge in [0.15, 0.2) is 0 Å². The van der Waals surface area contributed by atoms with Crippen molar-refractivity contribution in [1.82, 2.24) is 0 Å². The van der Waals surface area contributed by atoms with Crippen LogP contribution in [0.1, 0.15) is 11.1 Å². The molecule has 0 aliphatic rings. The molecule has 0 fully saturated rings. The van der Waals surface area contributed by atoms with E-state index in [9.17, 15) is 0 Å². The average molecular weight is 150 g/mol. The minimum absolute atomic E-state index is 1.29. The van der Waals surface area contributed by atoms with E-state index in [1.54, 1.807) is 0 Å². The van der Waals surface area contributed by atoms with Gasteiger partial charge in [-0.1, -0.05) is 36.2 Å². The second-order valence-electron chi connectivity index (χ2n) is 2.22. The van der Waals surface area contributed by atoms with Crippen molar-refractivity contribution in [2.75, 3.05) is 0 Å². The molecule has 1 heteroatoms. The number of aryl methyl sites for hydroxylation is 1. The maximum absolute atomic E-state index is 2.57. The van der Waals surface area contributed by atoms with Crippen LogP contribution in [-0.2, 0) is 0 Å². The topological polar surface area (TPSA) is 0 Å². The van der Waals surface area contributed by atoms with E-state index >= 15 is 0 Å². The molecule has 52 valence electrons. The Morgan fingerprint density at radius 1 is 1.30 bits per heavy atom. The predicted molar refractivity (Wildman–Crippen MR) is 49.9 cm³/mol. The Kier molecular flexibility index (Phi) is 2.65. The summed E-state index contributed by atoms with van der Waals surface area (Å²) in [5.74, 6) is 1.97. The first-order valence-electron chi connectivity index (χ1n) is 3.28. The lowest BCUT2D eigenvalue weighted by Gasteiger charge is -1.96. The van der Waals surface area contributed by atoms with Gasteiger partial charge in [-0.3, -0.25) is 0 Å². The molecule has 1 rings (SSSR count). The van der Waals surface area contributed by atoms with Gasteiger partial charge >= 0.3 is 0 Å². The molecule has 0 aliphatic heterocycles. The highest BCUT2D eigenvalue weighted by Crippen LogP contribution is 2.09. The molecular weight excluding hydrogens is 139 g/mol. The van der Waals surface area contributed by atoms with Crippen LogP contribution < -0.4 is 0 Å². The molecule has 1 aromatic rings. The fourth-order valence-corrected chi connectivity index (χ4v) is 1.08. The first-order chi connectivity index (χ1) is 4.84.